The highest BCUT2D eigenvalue weighted by Gasteiger charge is 2.22. The van der Waals surface area contributed by atoms with E-state index in [0.717, 1.165) is 16.6 Å². The zero-order valence-corrected chi connectivity index (χ0v) is 15.6. The number of esters is 1. The van der Waals surface area contributed by atoms with E-state index in [4.69, 9.17) is 21.1 Å². The van der Waals surface area contributed by atoms with Crippen molar-refractivity contribution < 1.29 is 19.2 Å². The van der Waals surface area contributed by atoms with Crippen LogP contribution < -0.4 is 4.74 Å². The number of carbonyl (C=O) groups is 1. The van der Waals surface area contributed by atoms with Crippen LogP contribution in [-0.4, -0.2) is 23.0 Å². The summed E-state index contributed by atoms with van der Waals surface area (Å²) in [4.78, 5) is 27.0. The molecule has 0 spiro atoms. The van der Waals surface area contributed by atoms with Crippen LogP contribution in [0.15, 0.2) is 47.8 Å². The molecular formula is C18H13ClN2O5S. The molecule has 27 heavy (non-hydrogen) atoms. The van der Waals surface area contributed by atoms with Crippen LogP contribution in [0.1, 0.15) is 16.1 Å². The lowest BCUT2D eigenvalue weighted by Crippen LogP contribution is -2.08. The molecule has 0 aliphatic carbocycles. The Morgan fingerprint density at radius 3 is 2.85 bits per heavy atom. The van der Waals surface area contributed by atoms with Gasteiger partial charge in [0.05, 0.1) is 17.7 Å². The van der Waals surface area contributed by atoms with Crippen LogP contribution in [0, 0.1) is 10.1 Å². The second-order valence-corrected chi connectivity index (χ2v) is 6.67. The Bertz CT molecular complexity index is 1000. The highest BCUT2D eigenvalue weighted by Crippen LogP contribution is 2.28. The number of nitrogens with zero attached hydrogens (tertiary/aromatic N) is 2. The average Bonchev–Trinajstić information content (AvgIpc) is 3.15. The van der Waals surface area contributed by atoms with E-state index >= 15 is 0 Å². The van der Waals surface area contributed by atoms with Crippen LogP contribution in [0.4, 0.5) is 5.69 Å². The summed E-state index contributed by atoms with van der Waals surface area (Å²) in [5.74, 6) is -0.0972. The van der Waals surface area contributed by atoms with Gasteiger partial charge in [0.15, 0.2) is 0 Å². The molecule has 0 saturated carbocycles. The van der Waals surface area contributed by atoms with E-state index in [2.05, 4.69) is 4.98 Å². The van der Waals surface area contributed by atoms with Crippen molar-refractivity contribution in [3.8, 4) is 16.3 Å². The summed E-state index contributed by atoms with van der Waals surface area (Å²) in [5, 5.41) is 13.8. The van der Waals surface area contributed by atoms with E-state index in [1.165, 1.54) is 23.5 Å². The van der Waals surface area contributed by atoms with Crippen LogP contribution in [0.3, 0.4) is 0 Å². The Morgan fingerprint density at radius 2 is 2.11 bits per heavy atom. The Morgan fingerprint density at radius 1 is 1.30 bits per heavy atom. The quantitative estimate of drug-likeness (QED) is 0.335. The van der Waals surface area contributed by atoms with E-state index in [1.54, 1.807) is 12.5 Å². The normalized spacial score (nSPS) is 10.4. The van der Waals surface area contributed by atoms with E-state index in [1.807, 2.05) is 24.3 Å². The van der Waals surface area contributed by atoms with Gasteiger partial charge in [-0.1, -0.05) is 23.7 Å². The average molecular weight is 405 g/mol. The summed E-state index contributed by atoms with van der Waals surface area (Å²) in [5.41, 5.74) is 0.864. The predicted molar refractivity (Wildman–Crippen MR) is 101 cm³/mol. The highest BCUT2D eigenvalue weighted by atomic mass is 35.5. The molecule has 138 valence electrons. The Hall–Kier alpha value is -2.97. The first-order chi connectivity index (χ1) is 13.0. The number of methoxy groups -OCH3 is 1. The molecule has 0 aliphatic rings. The third-order valence-electron chi connectivity index (χ3n) is 3.60. The highest BCUT2D eigenvalue weighted by molar-refractivity contribution is 7.13. The monoisotopic (exact) mass is 404 g/mol. The first-order valence-corrected chi connectivity index (χ1v) is 8.93. The van der Waals surface area contributed by atoms with Crippen LogP contribution in [0.25, 0.3) is 10.6 Å². The molecule has 0 N–H and O–H groups in total. The van der Waals surface area contributed by atoms with Gasteiger partial charge >= 0.3 is 5.97 Å². The molecule has 1 heterocycles. The summed E-state index contributed by atoms with van der Waals surface area (Å²) in [6.07, 6.45) is 0. The van der Waals surface area contributed by atoms with Gasteiger partial charge in [-0.15, -0.1) is 11.3 Å². The van der Waals surface area contributed by atoms with Gasteiger partial charge < -0.3 is 9.47 Å². The smallest absolute Gasteiger partial charge is 0.345 e. The largest absolute Gasteiger partial charge is 0.497 e. The third-order valence-corrected chi connectivity index (χ3v) is 4.77. The van der Waals surface area contributed by atoms with Crippen molar-refractivity contribution in [1.29, 1.82) is 0 Å². The molecule has 0 atom stereocenters. The SMILES string of the molecule is COc1cccc(-c2nc(COC(=O)c3ccc(Cl)cc3[N+](=O)[O-])cs2)c1. The maximum Gasteiger partial charge on any atom is 0.345 e. The van der Waals surface area contributed by atoms with Crippen molar-refractivity contribution in [2.45, 2.75) is 6.61 Å². The molecule has 7 nitrogen and oxygen atoms in total. The summed E-state index contributed by atoms with van der Waals surface area (Å²) in [6, 6.07) is 11.2. The minimum absolute atomic E-state index is 0.0981. The summed E-state index contributed by atoms with van der Waals surface area (Å²) >= 11 is 7.14. The van der Waals surface area contributed by atoms with Crippen molar-refractivity contribution in [1.82, 2.24) is 4.98 Å². The molecule has 3 rings (SSSR count). The van der Waals surface area contributed by atoms with Crippen LogP contribution >= 0.6 is 22.9 Å². The molecule has 2 aromatic carbocycles. The number of halogens is 1. The maximum absolute atomic E-state index is 12.2. The van der Waals surface area contributed by atoms with E-state index in [9.17, 15) is 14.9 Å². The zero-order valence-electron chi connectivity index (χ0n) is 14.0. The predicted octanol–water partition coefficient (Wildman–Crippen LogP) is 4.74. The van der Waals surface area contributed by atoms with Gasteiger partial charge in [0.1, 0.15) is 22.9 Å². The Balaban J connectivity index is 1.72. The summed E-state index contributed by atoms with van der Waals surface area (Å²) in [6.45, 7) is -0.0981. The molecule has 0 aliphatic heterocycles. The molecule has 0 radical (unpaired) electrons. The number of nitro groups is 1. The first kappa shape index (κ1) is 18.8. The number of aromatic nitrogens is 1. The lowest BCUT2D eigenvalue weighted by atomic mass is 10.2. The summed E-state index contributed by atoms with van der Waals surface area (Å²) < 4.78 is 10.4. The van der Waals surface area contributed by atoms with Gasteiger partial charge in [-0.2, -0.15) is 0 Å². The fourth-order valence-corrected chi connectivity index (χ4v) is 3.28. The number of hydrogen-bond acceptors (Lipinski definition) is 7. The van der Waals surface area contributed by atoms with Crippen molar-refractivity contribution in [2.24, 2.45) is 0 Å². The van der Waals surface area contributed by atoms with Crippen molar-refractivity contribution in [2.75, 3.05) is 7.11 Å². The van der Waals surface area contributed by atoms with E-state index in [-0.39, 0.29) is 17.2 Å². The molecule has 0 unspecified atom stereocenters. The van der Waals surface area contributed by atoms with Gasteiger partial charge in [0.25, 0.3) is 5.69 Å². The zero-order chi connectivity index (χ0) is 19.4. The first-order valence-electron chi connectivity index (χ1n) is 7.68. The lowest BCUT2D eigenvalue weighted by molar-refractivity contribution is -0.385. The van der Waals surface area contributed by atoms with Crippen molar-refractivity contribution in [3.05, 3.63) is 74.2 Å². The molecule has 9 heteroatoms. The van der Waals surface area contributed by atoms with Gasteiger partial charge in [-0.05, 0) is 24.3 Å². The molecular weight excluding hydrogens is 392 g/mol. The lowest BCUT2D eigenvalue weighted by Gasteiger charge is -2.04. The standard InChI is InChI=1S/C18H13ClN2O5S/c1-25-14-4-2-3-11(7-14)17-20-13(10-27-17)9-26-18(22)15-6-5-12(19)8-16(15)21(23)24/h2-8,10H,9H2,1H3. The Kier molecular flexibility index (Phi) is 5.68. The second kappa shape index (κ2) is 8.15. The number of rotatable bonds is 6. The minimum Gasteiger partial charge on any atom is -0.497 e. The molecule has 0 bridgehead atoms. The van der Waals surface area contributed by atoms with Crippen LogP contribution in [0.5, 0.6) is 5.75 Å². The summed E-state index contributed by atoms with van der Waals surface area (Å²) in [7, 11) is 1.59. The van der Waals surface area contributed by atoms with Gasteiger partial charge in [0, 0.05) is 22.0 Å². The Labute approximate surface area is 163 Å². The number of hydrogen-bond donors (Lipinski definition) is 0. The van der Waals surface area contributed by atoms with Gasteiger partial charge in [-0.25, -0.2) is 9.78 Å². The van der Waals surface area contributed by atoms with Crippen molar-refractivity contribution in [3.63, 3.8) is 0 Å². The third kappa shape index (κ3) is 4.42. The van der Waals surface area contributed by atoms with Gasteiger partial charge in [-0.3, -0.25) is 10.1 Å². The molecule has 0 amide bonds. The number of ether oxygens (including phenoxy) is 2. The maximum atomic E-state index is 12.2. The minimum atomic E-state index is -0.811. The number of benzene rings is 2. The number of carbonyl (C=O) groups excluding carboxylic acids is 1. The second-order valence-electron chi connectivity index (χ2n) is 5.37. The molecule has 3 aromatic rings. The van der Waals surface area contributed by atoms with Gasteiger partial charge in [0.2, 0.25) is 0 Å². The van der Waals surface area contributed by atoms with E-state index < -0.39 is 16.6 Å². The van der Waals surface area contributed by atoms with E-state index in [0.29, 0.717) is 11.4 Å². The molecule has 1 aromatic heterocycles. The van der Waals surface area contributed by atoms with Crippen LogP contribution in [-0.2, 0) is 11.3 Å². The fourth-order valence-electron chi connectivity index (χ4n) is 2.31. The van der Waals surface area contributed by atoms with Crippen molar-refractivity contribution >= 4 is 34.6 Å². The molecule has 0 fully saturated rings. The topological polar surface area (TPSA) is 91.6 Å². The van der Waals surface area contributed by atoms with Crippen LogP contribution in [0.2, 0.25) is 5.02 Å². The molecule has 0 saturated heterocycles. The number of thiazole rings is 1. The fraction of sp³-hybridized carbons (Fsp3) is 0.111. The number of nitro benzene ring substituents is 1.